The molecule has 1 heteroatoms. The van der Waals surface area contributed by atoms with Crippen LogP contribution < -0.4 is 0 Å². The van der Waals surface area contributed by atoms with Crippen LogP contribution in [0.15, 0.2) is 0 Å². The van der Waals surface area contributed by atoms with Gasteiger partial charge in [-0.1, -0.05) is 91.4 Å². The molecule has 1 rings (SSSR count). The van der Waals surface area contributed by atoms with E-state index in [9.17, 15) is 0 Å². The first-order chi connectivity index (χ1) is 10.7. The molecule has 0 aromatic heterocycles. The van der Waals surface area contributed by atoms with E-state index in [1.165, 1.54) is 96.3 Å². The Bertz CT molecular complexity index is 236. The lowest BCUT2D eigenvalue weighted by Crippen LogP contribution is -2.13. The molecule has 1 aliphatic heterocycles. The molecule has 1 fully saturated rings. The summed E-state index contributed by atoms with van der Waals surface area (Å²) in [7, 11) is 0. The largest absolute Gasteiger partial charge is 0.375 e. The van der Waals surface area contributed by atoms with Crippen molar-refractivity contribution in [2.45, 2.75) is 129 Å². The van der Waals surface area contributed by atoms with Gasteiger partial charge >= 0.3 is 0 Å². The predicted molar refractivity (Wildman–Crippen MR) is 98.4 cm³/mol. The molecule has 0 N–H and O–H groups in total. The molecule has 1 aliphatic rings. The Kier molecular flexibility index (Phi) is 12.2. The molecule has 0 amide bonds. The van der Waals surface area contributed by atoms with E-state index in [1.807, 2.05) is 0 Å². The van der Waals surface area contributed by atoms with Gasteiger partial charge in [-0.25, -0.2) is 0 Å². The van der Waals surface area contributed by atoms with Crippen LogP contribution in [-0.4, -0.2) is 12.2 Å². The first-order valence-corrected chi connectivity index (χ1v) is 10.4. The van der Waals surface area contributed by atoms with Crippen LogP contribution in [0.3, 0.4) is 0 Å². The Morgan fingerprint density at radius 3 is 1.77 bits per heavy atom. The predicted octanol–water partition coefficient (Wildman–Crippen LogP) is 7.28. The minimum atomic E-state index is 0.567. The van der Waals surface area contributed by atoms with Gasteiger partial charge in [0.1, 0.15) is 0 Å². The highest BCUT2D eigenvalue weighted by Crippen LogP contribution is 2.27. The molecule has 0 aromatic rings. The van der Waals surface area contributed by atoms with Crippen molar-refractivity contribution in [3.05, 3.63) is 0 Å². The minimum Gasteiger partial charge on any atom is -0.375 e. The van der Waals surface area contributed by atoms with Gasteiger partial charge in [-0.3, -0.25) is 0 Å². The van der Waals surface area contributed by atoms with E-state index in [2.05, 4.69) is 20.8 Å². The minimum absolute atomic E-state index is 0.567. The Morgan fingerprint density at radius 2 is 1.23 bits per heavy atom. The van der Waals surface area contributed by atoms with Crippen LogP contribution in [0.25, 0.3) is 0 Å². The summed E-state index contributed by atoms with van der Waals surface area (Å²) < 4.78 is 6.16. The van der Waals surface area contributed by atoms with Gasteiger partial charge in [0.2, 0.25) is 0 Å². The summed E-state index contributed by atoms with van der Waals surface area (Å²) in [6.45, 7) is 6.90. The number of ether oxygens (including phenoxy) is 1. The maximum Gasteiger partial charge on any atom is 0.0582 e. The SMILES string of the molecule is CCCCCCCCCCCCC[C@@H]1CC[C@@H](CC(C)C)O1. The van der Waals surface area contributed by atoms with Gasteiger partial charge in [0.15, 0.2) is 0 Å². The Hall–Kier alpha value is -0.0400. The zero-order valence-electron chi connectivity index (χ0n) is 15.7. The summed E-state index contributed by atoms with van der Waals surface area (Å²) in [5.41, 5.74) is 0. The molecule has 0 saturated carbocycles. The second-order valence-corrected chi connectivity index (χ2v) is 7.91. The van der Waals surface area contributed by atoms with Crippen LogP contribution in [0.2, 0.25) is 0 Å². The van der Waals surface area contributed by atoms with Gasteiger partial charge in [0, 0.05) is 0 Å². The van der Waals surface area contributed by atoms with Crippen molar-refractivity contribution in [3.8, 4) is 0 Å². The second kappa shape index (κ2) is 13.4. The number of hydrogen-bond acceptors (Lipinski definition) is 1. The molecular formula is C21H42O. The lowest BCUT2D eigenvalue weighted by Gasteiger charge is -2.15. The summed E-state index contributed by atoms with van der Waals surface area (Å²) in [4.78, 5) is 0. The number of unbranched alkanes of at least 4 members (excludes halogenated alkanes) is 10. The number of hydrogen-bond donors (Lipinski definition) is 0. The zero-order valence-corrected chi connectivity index (χ0v) is 15.7. The highest BCUT2D eigenvalue weighted by atomic mass is 16.5. The molecule has 0 aromatic carbocycles. The summed E-state index contributed by atoms with van der Waals surface area (Å²) >= 11 is 0. The van der Waals surface area contributed by atoms with Crippen molar-refractivity contribution < 1.29 is 4.74 Å². The van der Waals surface area contributed by atoms with Crippen molar-refractivity contribution in [1.29, 1.82) is 0 Å². The van der Waals surface area contributed by atoms with Crippen LogP contribution in [0.1, 0.15) is 117 Å². The van der Waals surface area contributed by atoms with Gasteiger partial charge in [0.25, 0.3) is 0 Å². The third-order valence-electron chi connectivity index (χ3n) is 5.06. The molecule has 0 spiro atoms. The van der Waals surface area contributed by atoms with Crippen molar-refractivity contribution in [3.63, 3.8) is 0 Å². The van der Waals surface area contributed by atoms with Crippen molar-refractivity contribution >= 4 is 0 Å². The molecule has 1 saturated heterocycles. The molecule has 132 valence electrons. The highest BCUT2D eigenvalue weighted by Gasteiger charge is 2.24. The fourth-order valence-corrected chi connectivity index (χ4v) is 3.73. The molecule has 1 nitrogen and oxygen atoms in total. The summed E-state index contributed by atoms with van der Waals surface area (Å²) in [5.74, 6) is 0.783. The molecule has 0 radical (unpaired) electrons. The lowest BCUT2D eigenvalue weighted by molar-refractivity contribution is 0.0285. The first kappa shape index (κ1) is 20.0. The standard InChI is InChI=1S/C21H42O/c1-4-5-6-7-8-9-10-11-12-13-14-15-20-16-17-21(22-20)18-19(2)3/h19-21H,4-18H2,1-3H3/t20-,21+/m1/s1. The smallest absolute Gasteiger partial charge is 0.0582 e. The van der Waals surface area contributed by atoms with Crippen molar-refractivity contribution in [1.82, 2.24) is 0 Å². The van der Waals surface area contributed by atoms with E-state index in [1.54, 1.807) is 0 Å². The summed E-state index contributed by atoms with van der Waals surface area (Å²) in [5, 5.41) is 0. The van der Waals surface area contributed by atoms with E-state index < -0.39 is 0 Å². The maximum atomic E-state index is 6.16. The fraction of sp³-hybridized carbons (Fsp3) is 1.00. The first-order valence-electron chi connectivity index (χ1n) is 10.4. The summed E-state index contributed by atoms with van der Waals surface area (Å²) in [6.07, 6.45) is 22.1. The van der Waals surface area contributed by atoms with Gasteiger partial charge in [0.05, 0.1) is 12.2 Å². The third-order valence-corrected chi connectivity index (χ3v) is 5.06. The van der Waals surface area contributed by atoms with Gasteiger partial charge in [-0.2, -0.15) is 0 Å². The number of rotatable bonds is 14. The third kappa shape index (κ3) is 10.6. The van der Waals surface area contributed by atoms with Crippen LogP contribution in [0, 0.1) is 5.92 Å². The van der Waals surface area contributed by atoms with Crippen LogP contribution in [-0.2, 0) is 4.74 Å². The maximum absolute atomic E-state index is 6.16. The molecule has 0 unspecified atom stereocenters. The lowest BCUT2D eigenvalue weighted by atomic mass is 10.0. The molecule has 0 aliphatic carbocycles. The van der Waals surface area contributed by atoms with E-state index in [0.29, 0.717) is 12.2 Å². The Labute approximate surface area is 140 Å². The normalized spacial score (nSPS) is 21.8. The molecule has 1 heterocycles. The molecular weight excluding hydrogens is 268 g/mol. The molecule has 2 atom stereocenters. The quantitative estimate of drug-likeness (QED) is 0.306. The highest BCUT2D eigenvalue weighted by molar-refractivity contribution is 4.74. The average Bonchev–Trinajstić information content (AvgIpc) is 2.91. The van der Waals surface area contributed by atoms with E-state index in [4.69, 9.17) is 4.74 Å². The monoisotopic (exact) mass is 310 g/mol. The van der Waals surface area contributed by atoms with E-state index in [0.717, 1.165) is 5.92 Å². The van der Waals surface area contributed by atoms with Gasteiger partial charge in [-0.05, 0) is 31.6 Å². The van der Waals surface area contributed by atoms with Crippen molar-refractivity contribution in [2.75, 3.05) is 0 Å². The van der Waals surface area contributed by atoms with E-state index in [-0.39, 0.29) is 0 Å². The molecule has 22 heavy (non-hydrogen) atoms. The molecule has 0 bridgehead atoms. The Morgan fingerprint density at radius 1 is 0.727 bits per heavy atom. The average molecular weight is 311 g/mol. The second-order valence-electron chi connectivity index (χ2n) is 7.91. The Balaban J connectivity index is 1.80. The van der Waals surface area contributed by atoms with Crippen LogP contribution >= 0.6 is 0 Å². The summed E-state index contributed by atoms with van der Waals surface area (Å²) in [6, 6.07) is 0. The van der Waals surface area contributed by atoms with Gasteiger partial charge in [-0.15, -0.1) is 0 Å². The van der Waals surface area contributed by atoms with Crippen LogP contribution in [0.4, 0.5) is 0 Å². The van der Waals surface area contributed by atoms with Crippen LogP contribution in [0.5, 0.6) is 0 Å². The fourth-order valence-electron chi connectivity index (χ4n) is 3.73. The topological polar surface area (TPSA) is 9.23 Å². The zero-order chi connectivity index (χ0) is 16.0. The van der Waals surface area contributed by atoms with Gasteiger partial charge < -0.3 is 4.74 Å². The van der Waals surface area contributed by atoms with E-state index >= 15 is 0 Å². The van der Waals surface area contributed by atoms with Crippen molar-refractivity contribution in [2.24, 2.45) is 5.92 Å².